The zero-order valence-corrected chi connectivity index (χ0v) is 17.0. The summed E-state index contributed by atoms with van der Waals surface area (Å²) < 4.78 is 0. The van der Waals surface area contributed by atoms with Gasteiger partial charge < -0.3 is 15.6 Å². The lowest BCUT2D eigenvalue weighted by Crippen LogP contribution is -2.26. The molecule has 8 heteroatoms. The quantitative estimate of drug-likeness (QED) is 0.375. The average Bonchev–Trinajstić information content (AvgIpc) is 3.50. The number of aromatic amines is 2. The molecular weight excluding hydrogens is 400 g/mol. The van der Waals surface area contributed by atoms with Crippen LogP contribution in [0.3, 0.4) is 0 Å². The molecule has 0 spiro atoms. The first kappa shape index (κ1) is 17.8. The summed E-state index contributed by atoms with van der Waals surface area (Å²) >= 11 is 6.43. The predicted octanol–water partition coefficient (Wildman–Crippen LogP) is 4.95. The third-order valence-electron chi connectivity index (χ3n) is 6.58. The fourth-order valence-corrected chi connectivity index (χ4v) is 5.33. The number of aromatic nitrogens is 4. The van der Waals surface area contributed by atoms with Gasteiger partial charge in [0, 0.05) is 17.1 Å². The minimum Gasteiger partial charge on any atom is -0.353 e. The van der Waals surface area contributed by atoms with Crippen LogP contribution < -0.4 is 10.6 Å². The molecule has 0 radical (unpaired) electrons. The average molecular weight is 421 g/mol. The van der Waals surface area contributed by atoms with Crippen molar-refractivity contribution in [3.63, 3.8) is 0 Å². The predicted molar refractivity (Wildman–Crippen MR) is 118 cm³/mol. The Morgan fingerprint density at radius 3 is 2.90 bits per heavy atom. The molecule has 152 valence electrons. The number of benzene rings is 2. The summed E-state index contributed by atoms with van der Waals surface area (Å²) in [5.74, 6) is 2.09. The van der Waals surface area contributed by atoms with E-state index in [4.69, 9.17) is 11.6 Å². The number of halogens is 1. The second-order valence-electron chi connectivity index (χ2n) is 8.49. The molecule has 2 bridgehead atoms. The summed E-state index contributed by atoms with van der Waals surface area (Å²) in [6.45, 7) is 0. The van der Waals surface area contributed by atoms with Crippen LogP contribution in [0.4, 0.5) is 11.6 Å². The third kappa shape index (κ3) is 3.01. The SMILES string of the molecule is O=C(Nc1ccc2cn[nH]c2c1)c1cc2nc(N[C@H]3C[C@@H]4CC[C@H]3C4)[nH]c2cc1Cl. The summed E-state index contributed by atoms with van der Waals surface area (Å²) in [4.78, 5) is 20.8. The number of H-pyrrole nitrogens is 2. The van der Waals surface area contributed by atoms with E-state index in [0.717, 1.165) is 39.7 Å². The number of rotatable bonds is 4. The van der Waals surface area contributed by atoms with Crippen LogP contribution >= 0.6 is 11.6 Å². The molecule has 6 rings (SSSR count). The van der Waals surface area contributed by atoms with Crippen LogP contribution in [0.1, 0.15) is 36.0 Å². The zero-order valence-electron chi connectivity index (χ0n) is 16.2. The first-order valence-electron chi connectivity index (χ1n) is 10.3. The number of nitrogens with zero attached hydrogens (tertiary/aromatic N) is 2. The molecule has 7 nitrogen and oxygen atoms in total. The van der Waals surface area contributed by atoms with Crippen molar-refractivity contribution in [1.29, 1.82) is 0 Å². The number of anilines is 2. The maximum atomic E-state index is 12.9. The fourth-order valence-electron chi connectivity index (χ4n) is 5.08. The van der Waals surface area contributed by atoms with Gasteiger partial charge in [0.2, 0.25) is 5.95 Å². The Morgan fingerprint density at radius 1 is 1.13 bits per heavy atom. The number of carbonyl (C=O) groups excluding carboxylic acids is 1. The van der Waals surface area contributed by atoms with Gasteiger partial charge in [-0.15, -0.1) is 0 Å². The Balaban J connectivity index is 1.24. The van der Waals surface area contributed by atoms with Crippen LogP contribution in [-0.2, 0) is 0 Å². The van der Waals surface area contributed by atoms with E-state index in [0.29, 0.717) is 22.3 Å². The number of carbonyl (C=O) groups is 1. The van der Waals surface area contributed by atoms with E-state index in [1.54, 1.807) is 18.3 Å². The first-order valence-corrected chi connectivity index (χ1v) is 10.7. The highest BCUT2D eigenvalue weighted by Gasteiger charge is 2.39. The molecule has 4 aromatic rings. The lowest BCUT2D eigenvalue weighted by Gasteiger charge is -2.22. The maximum absolute atomic E-state index is 12.9. The topological polar surface area (TPSA) is 98.5 Å². The molecule has 0 saturated heterocycles. The number of imidazole rings is 1. The second-order valence-corrected chi connectivity index (χ2v) is 8.89. The Hall–Kier alpha value is -3.06. The van der Waals surface area contributed by atoms with Crippen molar-refractivity contribution in [2.24, 2.45) is 11.8 Å². The molecule has 4 N–H and O–H groups in total. The van der Waals surface area contributed by atoms with Gasteiger partial charge in [0.15, 0.2) is 0 Å². The van der Waals surface area contributed by atoms with Gasteiger partial charge in [-0.05, 0) is 61.4 Å². The second kappa shape index (κ2) is 6.74. The maximum Gasteiger partial charge on any atom is 0.257 e. The number of hydrogen-bond acceptors (Lipinski definition) is 4. The Kier molecular flexibility index (Phi) is 3.99. The molecular formula is C22H21ClN6O. The van der Waals surface area contributed by atoms with E-state index in [9.17, 15) is 4.79 Å². The molecule has 3 atom stereocenters. The molecule has 0 aliphatic heterocycles. The van der Waals surface area contributed by atoms with Gasteiger partial charge in [-0.25, -0.2) is 4.98 Å². The monoisotopic (exact) mass is 420 g/mol. The zero-order chi connectivity index (χ0) is 20.2. The van der Waals surface area contributed by atoms with Crippen molar-refractivity contribution >= 4 is 51.1 Å². The van der Waals surface area contributed by atoms with Gasteiger partial charge in [0.25, 0.3) is 5.91 Å². The van der Waals surface area contributed by atoms with Crippen LogP contribution in [0.25, 0.3) is 21.9 Å². The molecule has 0 unspecified atom stereocenters. The molecule has 2 aromatic heterocycles. The van der Waals surface area contributed by atoms with Crippen molar-refractivity contribution in [1.82, 2.24) is 20.2 Å². The van der Waals surface area contributed by atoms with E-state index >= 15 is 0 Å². The minimum absolute atomic E-state index is 0.272. The van der Waals surface area contributed by atoms with Gasteiger partial charge in [-0.3, -0.25) is 9.89 Å². The number of fused-ring (bicyclic) bond motifs is 4. The molecule has 2 heterocycles. The lowest BCUT2D eigenvalue weighted by molar-refractivity contribution is 0.102. The van der Waals surface area contributed by atoms with Crippen molar-refractivity contribution in [2.75, 3.05) is 10.6 Å². The highest BCUT2D eigenvalue weighted by Crippen LogP contribution is 2.45. The number of nitrogens with one attached hydrogen (secondary N) is 4. The third-order valence-corrected chi connectivity index (χ3v) is 6.89. The Labute approximate surface area is 177 Å². The summed E-state index contributed by atoms with van der Waals surface area (Å²) in [5.41, 5.74) is 3.47. The molecule has 2 aliphatic rings. The van der Waals surface area contributed by atoms with Crippen molar-refractivity contribution in [3.8, 4) is 0 Å². The summed E-state index contributed by atoms with van der Waals surface area (Å²) in [6, 6.07) is 9.58. The standard InChI is InChI=1S/C22H21ClN6O/c23-16-9-20-19(27-22(28-20)26-17-6-11-1-2-12(17)5-11)8-15(16)21(30)25-14-4-3-13-10-24-29-18(13)7-14/h3-4,7-12,17H,1-2,5-6H2,(H,24,29)(H,25,30)(H2,26,27,28)/t11-,12+,17+/m1/s1. The van der Waals surface area contributed by atoms with E-state index in [1.165, 1.54) is 25.7 Å². The molecule has 2 aromatic carbocycles. The van der Waals surface area contributed by atoms with Gasteiger partial charge >= 0.3 is 0 Å². The van der Waals surface area contributed by atoms with Crippen molar-refractivity contribution in [2.45, 2.75) is 31.7 Å². The largest absolute Gasteiger partial charge is 0.353 e. The normalized spacial score (nSPS) is 22.8. The van der Waals surface area contributed by atoms with Crippen molar-refractivity contribution < 1.29 is 4.79 Å². The smallest absolute Gasteiger partial charge is 0.257 e. The van der Waals surface area contributed by atoms with Gasteiger partial charge in [0.05, 0.1) is 33.3 Å². The van der Waals surface area contributed by atoms with Gasteiger partial charge in [-0.1, -0.05) is 18.0 Å². The molecule has 1 amide bonds. The van der Waals surface area contributed by atoms with E-state index in [2.05, 4.69) is 30.8 Å². The van der Waals surface area contributed by atoms with E-state index in [1.807, 2.05) is 18.2 Å². The van der Waals surface area contributed by atoms with Gasteiger partial charge in [-0.2, -0.15) is 5.10 Å². The van der Waals surface area contributed by atoms with Crippen LogP contribution in [0.15, 0.2) is 36.5 Å². The molecule has 2 aliphatic carbocycles. The van der Waals surface area contributed by atoms with Crippen molar-refractivity contribution in [3.05, 3.63) is 47.1 Å². The Bertz CT molecular complexity index is 1280. The van der Waals surface area contributed by atoms with Crippen LogP contribution in [-0.4, -0.2) is 32.1 Å². The summed E-state index contributed by atoms with van der Waals surface area (Å²) in [5, 5.41) is 14.7. The van der Waals surface area contributed by atoms with Crippen LogP contribution in [0, 0.1) is 11.8 Å². The molecule has 2 fully saturated rings. The summed E-state index contributed by atoms with van der Waals surface area (Å²) in [7, 11) is 0. The minimum atomic E-state index is -0.272. The van der Waals surface area contributed by atoms with Gasteiger partial charge in [0.1, 0.15) is 0 Å². The van der Waals surface area contributed by atoms with Crippen LogP contribution in [0.5, 0.6) is 0 Å². The Morgan fingerprint density at radius 2 is 2.07 bits per heavy atom. The lowest BCUT2D eigenvalue weighted by atomic mass is 9.95. The summed E-state index contributed by atoms with van der Waals surface area (Å²) in [6.07, 6.45) is 6.97. The molecule has 2 saturated carbocycles. The highest BCUT2D eigenvalue weighted by molar-refractivity contribution is 6.35. The fraction of sp³-hybridized carbons (Fsp3) is 0.318. The number of amides is 1. The van der Waals surface area contributed by atoms with E-state index < -0.39 is 0 Å². The van der Waals surface area contributed by atoms with Crippen LogP contribution in [0.2, 0.25) is 5.02 Å². The first-order chi connectivity index (χ1) is 14.6. The highest BCUT2D eigenvalue weighted by atomic mass is 35.5. The number of hydrogen-bond donors (Lipinski definition) is 4. The molecule has 30 heavy (non-hydrogen) atoms. The van der Waals surface area contributed by atoms with E-state index in [-0.39, 0.29) is 5.91 Å².